The van der Waals surface area contributed by atoms with Crippen molar-refractivity contribution in [1.29, 1.82) is 0 Å². The summed E-state index contributed by atoms with van der Waals surface area (Å²) in [5.41, 5.74) is 0. The van der Waals surface area contributed by atoms with Gasteiger partial charge in [-0.1, -0.05) is 0 Å². The van der Waals surface area contributed by atoms with E-state index in [0.29, 0.717) is 0 Å². The van der Waals surface area contributed by atoms with Crippen LogP contribution in [-0.2, 0) is 4.18 Å². The van der Waals surface area contributed by atoms with E-state index in [4.69, 9.17) is 4.18 Å². The molecule has 1 nitrogen and oxygen atoms in total. The molecule has 11 heavy (non-hydrogen) atoms. The van der Waals surface area contributed by atoms with E-state index >= 15 is 0 Å². The molecule has 0 aliphatic rings. The lowest BCUT2D eigenvalue weighted by atomic mass is 10.4. The standard InChI is InChI=1S/C8H10OS2/c1-9-11-8-5-3-7(10-2)4-6-8/h3-6H,1-2H3. The highest BCUT2D eigenvalue weighted by Gasteiger charge is 1.92. The second-order valence-electron chi connectivity index (χ2n) is 1.93. The Morgan fingerprint density at radius 3 is 2.09 bits per heavy atom. The Morgan fingerprint density at radius 2 is 1.64 bits per heavy atom. The Hall–Kier alpha value is -0.120. The van der Waals surface area contributed by atoms with Crippen LogP contribution >= 0.6 is 23.8 Å². The first-order chi connectivity index (χ1) is 5.36. The number of thioether (sulfide) groups is 1. The van der Waals surface area contributed by atoms with Gasteiger partial charge in [0.25, 0.3) is 0 Å². The van der Waals surface area contributed by atoms with Crippen molar-refractivity contribution >= 4 is 23.8 Å². The largest absolute Gasteiger partial charge is 0.314 e. The smallest absolute Gasteiger partial charge is 0.0508 e. The van der Waals surface area contributed by atoms with E-state index in [9.17, 15) is 0 Å². The lowest BCUT2D eigenvalue weighted by molar-refractivity contribution is 0.490. The van der Waals surface area contributed by atoms with Gasteiger partial charge in [-0.25, -0.2) is 0 Å². The van der Waals surface area contributed by atoms with E-state index in [2.05, 4.69) is 30.5 Å². The third-order valence-corrected chi connectivity index (χ3v) is 2.61. The molecule has 0 amide bonds. The molecular formula is C8H10OS2. The molecule has 0 fully saturated rings. The fraction of sp³-hybridized carbons (Fsp3) is 0.250. The van der Waals surface area contributed by atoms with Crippen LogP contribution in [0, 0.1) is 0 Å². The molecule has 0 N–H and O–H groups in total. The Morgan fingerprint density at radius 1 is 1.09 bits per heavy atom. The molecule has 0 unspecified atom stereocenters. The average molecular weight is 186 g/mol. The molecule has 0 aliphatic carbocycles. The van der Waals surface area contributed by atoms with Gasteiger partial charge in [-0.3, -0.25) is 0 Å². The lowest BCUT2D eigenvalue weighted by Crippen LogP contribution is -1.72. The quantitative estimate of drug-likeness (QED) is 0.530. The maximum Gasteiger partial charge on any atom is 0.0508 e. The summed E-state index contributed by atoms with van der Waals surface area (Å²) in [7, 11) is 1.67. The molecule has 0 spiro atoms. The van der Waals surface area contributed by atoms with Crippen molar-refractivity contribution in [2.24, 2.45) is 0 Å². The normalized spacial score (nSPS) is 10.0. The van der Waals surface area contributed by atoms with E-state index in [1.807, 2.05) is 0 Å². The van der Waals surface area contributed by atoms with Crippen LogP contribution in [0.5, 0.6) is 0 Å². The maximum absolute atomic E-state index is 4.91. The van der Waals surface area contributed by atoms with Crippen molar-refractivity contribution in [2.75, 3.05) is 13.4 Å². The molecule has 3 heteroatoms. The lowest BCUT2D eigenvalue weighted by Gasteiger charge is -1.98. The SMILES string of the molecule is COSc1ccc(SC)cc1. The van der Waals surface area contributed by atoms with Crippen LogP contribution in [0.25, 0.3) is 0 Å². The Balaban J connectivity index is 2.66. The zero-order valence-electron chi connectivity index (χ0n) is 6.53. The molecule has 0 aromatic heterocycles. The van der Waals surface area contributed by atoms with Crippen LogP contribution in [0.15, 0.2) is 34.1 Å². The van der Waals surface area contributed by atoms with Crippen LogP contribution in [0.2, 0.25) is 0 Å². The summed E-state index contributed by atoms with van der Waals surface area (Å²) in [6, 6.07) is 8.29. The second kappa shape index (κ2) is 4.70. The van der Waals surface area contributed by atoms with Gasteiger partial charge in [0.1, 0.15) is 0 Å². The summed E-state index contributed by atoms with van der Waals surface area (Å²) in [4.78, 5) is 2.43. The predicted octanol–water partition coefficient (Wildman–Crippen LogP) is 3.06. The third-order valence-electron chi connectivity index (χ3n) is 1.24. The van der Waals surface area contributed by atoms with Gasteiger partial charge < -0.3 is 4.18 Å². The van der Waals surface area contributed by atoms with E-state index in [0.717, 1.165) is 4.90 Å². The molecule has 0 atom stereocenters. The first-order valence-corrected chi connectivity index (χ1v) is 5.18. The van der Waals surface area contributed by atoms with Crippen molar-refractivity contribution in [3.63, 3.8) is 0 Å². The van der Waals surface area contributed by atoms with Gasteiger partial charge in [0, 0.05) is 21.8 Å². The van der Waals surface area contributed by atoms with Crippen molar-refractivity contribution in [3.8, 4) is 0 Å². The molecule has 1 aromatic rings. The molecule has 1 rings (SSSR count). The van der Waals surface area contributed by atoms with Crippen molar-refractivity contribution in [3.05, 3.63) is 24.3 Å². The minimum absolute atomic E-state index is 1.14. The first kappa shape index (κ1) is 8.97. The monoisotopic (exact) mass is 186 g/mol. The number of hydrogen-bond donors (Lipinski definition) is 0. The Kier molecular flexibility index (Phi) is 3.83. The van der Waals surface area contributed by atoms with Gasteiger partial charge in [0.2, 0.25) is 0 Å². The summed E-state index contributed by atoms with van der Waals surface area (Å²) in [5, 5.41) is 0. The number of rotatable bonds is 3. The highest BCUT2D eigenvalue weighted by atomic mass is 32.2. The summed E-state index contributed by atoms with van der Waals surface area (Å²) in [6.45, 7) is 0. The first-order valence-electron chi connectivity index (χ1n) is 3.21. The van der Waals surface area contributed by atoms with Crippen LogP contribution in [-0.4, -0.2) is 13.4 Å². The predicted molar refractivity (Wildman–Crippen MR) is 51.1 cm³/mol. The molecule has 0 radical (unpaired) electrons. The van der Waals surface area contributed by atoms with E-state index in [-0.39, 0.29) is 0 Å². The van der Waals surface area contributed by atoms with Gasteiger partial charge in [-0.05, 0) is 30.5 Å². The van der Waals surface area contributed by atoms with Crippen LogP contribution in [0.1, 0.15) is 0 Å². The Bertz CT molecular complexity index is 208. The summed E-state index contributed by atoms with van der Waals surface area (Å²) in [6.07, 6.45) is 2.07. The van der Waals surface area contributed by atoms with Gasteiger partial charge >= 0.3 is 0 Å². The van der Waals surface area contributed by atoms with Gasteiger partial charge in [-0.15, -0.1) is 11.8 Å². The van der Waals surface area contributed by atoms with E-state index in [1.54, 1.807) is 18.9 Å². The van der Waals surface area contributed by atoms with E-state index in [1.165, 1.54) is 16.9 Å². The second-order valence-corrected chi connectivity index (χ2v) is 3.78. The van der Waals surface area contributed by atoms with Crippen molar-refractivity contribution in [2.45, 2.75) is 9.79 Å². The van der Waals surface area contributed by atoms with Crippen molar-refractivity contribution < 1.29 is 4.18 Å². The fourth-order valence-electron chi connectivity index (χ4n) is 0.728. The van der Waals surface area contributed by atoms with Crippen molar-refractivity contribution in [1.82, 2.24) is 0 Å². The molecule has 0 saturated carbocycles. The fourth-order valence-corrected chi connectivity index (χ4v) is 1.58. The minimum Gasteiger partial charge on any atom is -0.314 e. The topological polar surface area (TPSA) is 9.23 Å². The van der Waals surface area contributed by atoms with Gasteiger partial charge in [0.05, 0.1) is 7.11 Å². The number of benzene rings is 1. The number of hydrogen-bond acceptors (Lipinski definition) is 3. The average Bonchev–Trinajstić information content (AvgIpc) is 2.07. The van der Waals surface area contributed by atoms with Gasteiger partial charge in [0.15, 0.2) is 0 Å². The van der Waals surface area contributed by atoms with Crippen LogP contribution in [0.3, 0.4) is 0 Å². The van der Waals surface area contributed by atoms with Crippen LogP contribution in [0.4, 0.5) is 0 Å². The maximum atomic E-state index is 4.91. The summed E-state index contributed by atoms with van der Waals surface area (Å²) in [5.74, 6) is 0. The molecule has 1 aromatic carbocycles. The molecular weight excluding hydrogens is 176 g/mol. The molecule has 0 saturated heterocycles. The summed E-state index contributed by atoms with van der Waals surface area (Å²) >= 11 is 3.13. The van der Waals surface area contributed by atoms with E-state index < -0.39 is 0 Å². The molecule has 0 aliphatic heterocycles. The third kappa shape index (κ3) is 2.77. The summed E-state index contributed by atoms with van der Waals surface area (Å²) < 4.78 is 4.91. The van der Waals surface area contributed by atoms with Gasteiger partial charge in [-0.2, -0.15) is 0 Å². The minimum atomic E-state index is 1.14. The Labute approximate surface area is 75.7 Å². The zero-order valence-corrected chi connectivity index (χ0v) is 8.17. The highest BCUT2D eigenvalue weighted by molar-refractivity contribution is 7.98. The highest BCUT2D eigenvalue weighted by Crippen LogP contribution is 2.21. The molecule has 0 bridgehead atoms. The molecule has 60 valence electrons. The molecule has 0 heterocycles. The zero-order chi connectivity index (χ0) is 8.10. The van der Waals surface area contributed by atoms with Crippen LogP contribution < -0.4 is 0 Å².